The number of rotatable bonds is 3. The molecule has 0 bridgehead atoms. The molecule has 1 heterocycles. The van der Waals surface area contributed by atoms with E-state index in [0.717, 1.165) is 0 Å². The molecular weight excluding hydrogens is 282 g/mol. The molecule has 0 spiro atoms. The average molecular weight is 296 g/mol. The van der Waals surface area contributed by atoms with Crippen molar-refractivity contribution < 1.29 is 35.2 Å². The van der Waals surface area contributed by atoms with Crippen LogP contribution < -0.4 is 0 Å². The molecule has 0 aromatic carbocycles. The maximum atomic E-state index is 12.7. The second-order valence-corrected chi connectivity index (χ2v) is 6.14. The van der Waals surface area contributed by atoms with Gasteiger partial charge in [-0.1, -0.05) is 6.92 Å². The summed E-state index contributed by atoms with van der Waals surface area (Å²) in [4.78, 5) is 0. The fraction of sp³-hybridized carbons (Fsp3) is 1.00. The number of hydrogen-bond acceptors (Lipinski definition) is 2. The first-order valence-corrected chi connectivity index (χ1v) is 7.33. The molecule has 0 amide bonds. The van der Waals surface area contributed by atoms with Gasteiger partial charge in [-0.3, -0.25) is 0 Å². The first-order valence-electron chi connectivity index (χ1n) is 5.57. The predicted molar refractivity (Wildman–Crippen MR) is 53.4 cm³/mol. The minimum Gasteiger partial charge on any atom is -0.397 e. The lowest BCUT2D eigenvalue weighted by Crippen LogP contribution is -2.62. The zero-order valence-electron chi connectivity index (χ0n) is 9.70. The van der Waals surface area contributed by atoms with E-state index in [4.69, 9.17) is 4.43 Å². The van der Waals surface area contributed by atoms with Gasteiger partial charge >= 0.3 is 21.6 Å². The molecule has 0 radical (unpaired) electrons. The highest BCUT2D eigenvalue weighted by Crippen LogP contribution is 2.51. The molecule has 1 rings (SSSR count). The Labute approximate surface area is 102 Å². The van der Waals surface area contributed by atoms with E-state index in [0.29, 0.717) is 6.42 Å². The summed E-state index contributed by atoms with van der Waals surface area (Å²) in [5.74, 6) is 0. The van der Waals surface area contributed by atoms with Crippen molar-refractivity contribution in [1.82, 2.24) is 0 Å². The third-order valence-corrected chi connectivity index (χ3v) is 4.88. The van der Waals surface area contributed by atoms with E-state index < -0.39 is 33.7 Å². The summed E-state index contributed by atoms with van der Waals surface area (Å²) in [5.41, 5.74) is -4.04. The maximum Gasteiger partial charge on any atom is 0.425 e. The largest absolute Gasteiger partial charge is 0.425 e. The highest BCUT2D eigenvalue weighted by atomic mass is 28.3. The van der Waals surface area contributed by atoms with Gasteiger partial charge in [0.15, 0.2) is 0 Å². The van der Waals surface area contributed by atoms with Crippen LogP contribution in [0.1, 0.15) is 26.2 Å². The van der Waals surface area contributed by atoms with Crippen molar-refractivity contribution in [2.45, 2.75) is 50.2 Å². The van der Waals surface area contributed by atoms with Crippen LogP contribution in [-0.4, -0.2) is 33.8 Å². The molecule has 0 aliphatic carbocycles. The number of hydrogen-bond donors (Lipinski definition) is 0. The molecule has 1 aliphatic rings. The quantitative estimate of drug-likeness (QED) is 0.587. The van der Waals surface area contributed by atoms with Gasteiger partial charge in [0.05, 0.1) is 0 Å². The van der Waals surface area contributed by atoms with Gasteiger partial charge in [0.25, 0.3) is 5.60 Å². The first kappa shape index (κ1) is 15.8. The molecule has 18 heavy (non-hydrogen) atoms. The van der Waals surface area contributed by atoms with E-state index in [1.54, 1.807) is 6.92 Å². The smallest absolute Gasteiger partial charge is 0.397 e. The summed E-state index contributed by atoms with van der Waals surface area (Å²) in [6.45, 7) is 1.85. The Balaban J connectivity index is 2.91. The molecule has 0 aromatic rings. The summed E-state index contributed by atoms with van der Waals surface area (Å²) >= 11 is 0. The number of halogens is 6. The van der Waals surface area contributed by atoms with Gasteiger partial charge in [0.1, 0.15) is 0 Å². The summed E-state index contributed by atoms with van der Waals surface area (Å²) in [5, 5.41) is 0. The van der Waals surface area contributed by atoms with E-state index in [1.807, 2.05) is 0 Å². The van der Waals surface area contributed by atoms with Gasteiger partial charge in [-0.25, -0.2) is 0 Å². The molecule has 1 unspecified atom stereocenters. The van der Waals surface area contributed by atoms with E-state index in [-0.39, 0.29) is 19.1 Å². The summed E-state index contributed by atoms with van der Waals surface area (Å²) < 4.78 is 85.6. The Morgan fingerprint density at radius 1 is 1.17 bits per heavy atom. The third-order valence-electron chi connectivity index (χ3n) is 2.72. The molecule has 0 aromatic heterocycles. The van der Waals surface area contributed by atoms with Crippen LogP contribution in [0.2, 0.25) is 6.04 Å². The minimum absolute atomic E-state index is 0.128. The molecule has 1 atom stereocenters. The van der Waals surface area contributed by atoms with Crippen molar-refractivity contribution >= 4 is 9.28 Å². The number of alkyl halides is 6. The van der Waals surface area contributed by atoms with Crippen molar-refractivity contribution in [2.75, 3.05) is 6.61 Å². The second kappa shape index (κ2) is 5.38. The van der Waals surface area contributed by atoms with Crippen LogP contribution in [0.3, 0.4) is 0 Å². The summed E-state index contributed by atoms with van der Waals surface area (Å²) in [6.07, 6.45) is -11.7. The lowest BCUT2D eigenvalue weighted by molar-refractivity contribution is -0.366. The Bertz CT molecular complexity index is 263. The van der Waals surface area contributed by atoms with Gasteiger partial charge in [-0.05, 0) is 25.3 Å². The molecule has 0 saturated carbocycles. The lowest BCUT2D eigenvalue weighted by atomic mass is 9.96. The van der Waals surface area contributed by atoms with Crippen LogP contribution in [0.25, 0.3) is 0 Å². The topological polar surface area (TPSA) is 18.5 Å². The Kier molecular flexibility index (Phi) is 4.71. The third kappa shape index (κ3) is 2.99. The fourth-order valence-corrected chi connectivity index (χ4v) is 4.03. The van der Waals surface area contributed by atoms with Crippen LogP contribution >= 0.6 is 0 Å². The van der Waals surface area contributed by atoms with Crippen LogP contribution in [0.15, 0.2) is 0 Å². The molecule has 1 fully saturated rings. The van der Waals surface area contributed by atoms with E-state index in [2.05, 4.69) is 4.43 Å². The fourth-order valence-electron chi connectivity index (χ4n) is 1.80. The average Bonchev–Trinajstić information content (AvgIpc) is 2.23. The Morgan fingerprint density at radius 3 is 2.17 bits per heavy atom. The van der Waals surface area contributed by atoms with Crippen LogP contribution in [0.5, 0.6) is 0 Å². The van der Waals surface area contributed by atoms with Crippen molar-refractivity contribution in [3.63, 3.8) is 0 Å². The lowest BCUT2D eigenvalue weighted by Gasteiger charge is -2.42. The molecule has 2 nitrogen and oxygen atoms in total. The minimum atomic E-state index is -5.47. The maximum absolute atomic E-state index is 12.7. The molecule has 108 valence electrons. The molecule has 1 aliphatic heterocycles. The predicted octanol–water partition coefficient (Wildman–Crippen LogP) is 3.31. The first-order chi connectivity index (χ1) is 8.14. The highest BCUT2D eigenvalue weighted by Gasteiger charge is 2.73. The van der Waals surface area contributed by atoms with Crippen molar-refractivity contribution in [3.8, 4) is 0 Å². The zero-order valence-corrected chi connectivity index (χ0v) is 10.9. The standard InChI is InChI=1S/C9H14F6O2Si/c1-2-5-16-18-6-3-4-7(17-18,8(10,11)12)9(13,14)15/h18H,2-6H2,1H3. The van der Waals surface area contributed by atoms with Crippen LogP contribution in [-0.2, 0) is 8.85 Å². The van der Waals surface area contributed by atoms with Crippen molar-refractivity contribution in [1.29, 1.82) is 0 Å². The second-order valence-electron chi connectivity index (χ2n) is 4.13. The summed E-state index contributed by atoms with van der Waals surface area (Å²) in [6, 6.07) is 0.175. The van der Waals surface area contributed by atoms with Crippen molar-refractivity contribution in [2.24, 2.45) is 0 Å². The van der Waals surface area contributed by atoms with E-state index >= 15 is 0 Å². The monoisotopic (exact) mass is 296 g/mol. The van der Waals surface area contributed by atoms with E-state index in [9.17, 15) is 26.3 Å². The van der Waals surface area contributed by atoms with Gasteiger partial charge in [-0.2, -0.15) is 26.3 Å². The normalized spacial score (nSPS) is 25.2. The van der Waals surface area contributed by atoms with Crippen LogP contribution in [0.4, 0.5) is 26.3 Å². The molecule has 0 N–H and O–H groups in total. The SMILES string of the molecule is CCCO[SiH]1CCCC(C(F)(F)F)(C(F)(F)F)O1. The zero-order chi connectivity index (χ0) is 14.0. The molecule has 1 saturated heterocycles. The van der Waals surface area contributed by atoms with Gasteiger partial charge in [0, 0.05) is 6.61 Å². The summed E-state index contributed by atoms with van der Waals surface area (Å²) in [7, 11) is -2.91. The molecular formula is C9H14F6O2Si. The highest BCUT2D eigenvalue weighted by molar-refractivity contribution is 6.44. The molecule has 9 heteroatoms. The van der Waals surface area contributed by atoms with Gasteiger partial charge in [-0.15, -0.1) is 0 Å². The van der Waals surface area contributed by atoms with Gasteiger partial charge < -0.3 is 8.85 Å². The van der Waals surface area contributed by atoms with Crippen LogP contribution in [0, 0.1) is 0 Å². The Morgan fingerprint density at radius 2 is 1.72 bits per heavy atom. The Hall–Kier alpha value is -0.283. The van der Waals surface area contributed by atoms with E-state index in [1.165, 1.54) is 0 Å². The van der Waals surface area contributed by atoms with Gasteiger partial charge in [0.2, 0.25) is 0 Å². The van der Waals surface area contributed by atoms with Crippen molar-refractivity contribution in [3.05, 3.63) is 0 Å².